The lowest BCUT2D eigenvalue weighted by atomic mass is 9.70. The third-order valence-corrected chi connectivity index (χ3v) is 3.91. The van der Waals surface area contributed by atoms with Crippen molar-refractivity contribution in [1.29, 1.82) is 0 Å². The van der Waals surface area contributed by atoms with Crippen molar-refractivity contribution in [1.82, 2.24) is 0 Å². The average Bonchev–Trinajstić information content (AvgIpc) is 2.40. The van der Waals surface area contributed by atoms with Gasteiger partial charge >= 0.3 is 11.9 Å². The molecule has 1 saturated heterocycles. The van der Waals surface area contributed by atoms with Gasteiger partial charge in [-0.1, -0.05) is 13.8 Å². The van der Waals surface area contributed by atoms with Crippen molar-refractivity contribution in [3.8, 4) is 0 Å². The van der Waals surface area contributed by atoms with Crippen molar-refractivity contribution >= 4 is 11.9 Å². The molecule has 0 radical (unpaired) electrons. The molecule has 2 rings (SSSR count). The van der Waals surface area contributed by atoms with Crippen LogP contribution in [0.1, 0.15) is 33.1 Å². The van der Waals surface area contributed by atoms with Crippen LogP contribution in [0.25, 0.3) is 0 Å². The van der Waals surface area contributed by atoms with Crippen molar-refractivity contribution in [3.05, 3.63) is 0 Å². The molecule has 84 valence electrons. The molecule has 1 N–H and O–H groups in total. The fourth-order valence-corrected chi connectivity index (χ4v) is 2.77. The average molecular weight is 212 g/mol. The summed E-state index contributed by atoms with van der Waals surface area (Å²) >= 11 is 0. The highest BCUT2D eigenvalue weighted by Crippen LogP contribution is 2.49. The molecule has 2 fully saturated rings. The fourth-order valence-electron chi connectivity index (χ4n) is 2.77. The van der Waals surface area contributed by atoms with E-state index in [-0.39, 0.29) is 17.5 Å². The van der Waals surface area contributed by atoms with Crippen LogP contribution in [0.15, 0.2) is 0 Å². The van der Waals surface area contributed by atoms with Gasteiger partial charge in [0, 0.05) is 6.42 Å². The number of ether oxygens (including phenoxy) is 1. The van der Waals surface area contributed by atoms with Crippen molar-refractivity contribution in [2.75, 3.05) is 0 Å². The van der Waals surface area contributed by atoms with Crippen molar-refractivity contribution in [2.45, 2.75) is 38.7 Å². The van der Waals surface area contributed by atoms with Crippen molar-refractivity contribution in [3.63, 3.8) is 0 Å². The van der Waals surface area contributed by atoms with Gasteiger partial charge in [0.1, 0.15) is 5.60 Å². The minimum atomic E-state index is -0.865. The summed E-state index contributed by atoms with van der Waals surface area (Å²) in [5, 5.41) is 8.99. The second kappa shape index (κ2) is 3.22. The van der Waals surface area contributed by atoms with Gasteiger partial charge in [0.25, 0.3) is 0 Å². The first-order valence-corrected chi connectivity index (χ1v) is 5.42. The Hall–Kier alpha value is -1.06. The molecule has 1 heterocycles. The quantitative estimate of drug-likeness (QED) is 0.703. The maximum Gasteiger partial charge on any atom is 0.310 e. The van der Waals surface area contributed by atoms with Crippen LogP contribution in [0.3, 0.4) is 0 Å². The van der Waals surface area contributed by atoms with E-state index >= 15 is 0 Å². The van der Waals surface area contributed by atoms with Gasteiger partial charge in [-0.2, -0.15) is 0 Å². The van der Waals surface area contributed by atoms with Crippen LogP contribution in [0, 0.1) is 17.8 Å². The van der Waals surface area contributed by atoms with Gasteiger partial charge in [-0.15, -0.1) is 0 Å². The molecule has 1 saturated carbocycles. The summed E-state index contributed by atoms with van der Waals surface area (Å²) in [6, 6.07) is 0. The lowest BCUT2D eigenvalue weighted by Crippen LogP contribution is -2.39. The van der Waals surface area contributed by atoms with Crippen molar-refractivity contribution < 1.29 is 19.4 Å². The second-order valence-electron chi connectivity index (χ2n) is 4.93. The van der Waals surface area contributed by atoms with Crippen LogP contribution in [0.2, 0.25) is 0 Å². The number of carboxylic acid groups (broad SMARTS) is 1. The zero-order valence-electron chi connectivity index (χ0n) is 9.03. The summed E-state index contributed by atoms with van der Waals surface area (Å²) in [6.45, 7) is 4.05. The topological polar surface area (TPSA) is 63.6 Å². The maximum absolute atomic E-state index is 11.6. The Kier molecular flexibility index (Phi) is 2.24. The first-order valence-electron chi connectivity index (χ1n) is 5.42. The van der Waals surface area contributed by atoms with E-state index in [1.807, 2.05) is 13.8 Å². The molecule has 0 aromatic rings. The van der Waals surface area contributed by atoms with Crippen molar-refractivity contribution in [2.24, 2.45) is 17.8 Å². The summed E-state index contributed by atoms with van der Waals surface area (Å²) in [7, 11) is 0. The van der Waals surface area contributed by atoms with E-state index in [1.165, 1.54) is 0 Å². The molecule has 3 atom stereocenters. The SMILES string of the molecule is CC(C)[C@]12CC[C@H](C(=O)O)[C@H](C1)C(=O)O2. The molecule has 0 aromatic heterocycles. The number of carboxylic acids is 1. The number of fused-ring (bicyclic) bond motifs is 2. The van der Waals surface area contributed by atoms with Gasteiger partial charge in [-0.3, -0.25) is 9.59 Å². The van der Waals surface area contributed by atoms with Crippen LogP contribution in [0.5, 0.6) is 0 Å². The largest absolute Gasteiger partial charge is 0.481 e. The van der Waals surface area contributed by atoms with Gasteiger partial charge in [0.05, 0.1) is 11.8 Å². The molecule has 4 nitrogen and oxygen atoms in total. The van der Waals surface area contributed by atoms with Gasteiger partial charge in [-0.25, -0.2) is 0 Å². The van der Waals surface area contributed by atoms with E-state index in [4.69, 9.17) is 9.84 Å². The molecule has 0 aromatic carbocycles. The van der Waals surface area contributed by atoms with Crippen LogP contribution < -0.4 is 0 Å². The number of hydrogen-bond donors (Lipinski definition) is 1. The summed E-state index contributed by atoms with van der Waals surface area (Å²) in [5.74, 6) is -1.86. The van der Waals surface area contributed by atoms with E-state index in [1.54, 1.807) is 0 Å². The molecule has 1 aliphatic heterocycles. The van der Waals surface area contributed by atoms with Crippen LogP contribution in [-0.2, 0) is 14.3 Å². The zero-order chi connectivity index (χ0) is 11.2. The Morgan fingerprint density at radius 1 is 1.60 bits per heavy atom. The molecule has 2 aliphatic rings. The molecule has 0 unspecified atom stereocenters. The fraction of sp³-hybridized carbons (Fsp3) is 0.818. The summed E-state index contributed by atoms with van der Waals surface area (Å²) in [5.41, 5.74) is -0.381. The number of hydrogen-bond acceptors (Lipinski definition) is 3. The minimum Gasteiger partial charge on any atom is -0.481 e. The Morgan fingerprint density at radius 3 is 2.80 bits per heavy atom. The molecule has 1 aliphatic carbocycles. The van der Waals surface area contributed by atoms with Gasteiger partial charge in [0.15, 0.2) is 0 Å². The zero-order valence-corrected chi connectivity index (χ0v) is 9.03. The highest BCUT2D eigenvalue weighted by atomic mass is 16.6. The highest BCUT2D eigenvalue weighted by molar-refractivity contribution is 5.83. The summed E-state index contributed by atoms with van der Waals surface area (Å²) in [6.07, 6.45) is 1.83. The van der Waals surface area contributed by atoms with E-state index in [0.29, 0.717) is 19.3 Å². The van der Waals surface area contributed by atoms with Gasteiger partial charge in [-0.05, 0) is 18.8 Å². The smallest absolute Gasteiger partial charge is 0.310 e. The third-order valence-electron chi connectivity index (χ3n) is 3.91. The minimum absolute atomic E-state index is 0.265. The number of carbonyl (C=O) groups is 2. The van der Waals surface area contributed by atoms with E-state index in [2.05, 4.69) is 0 Å². The lowest BCUT2D eigenvalue weighted by Gasteiger charge is -2.35. The number of carbonyl (C=O) groups excluding carboxylic acids is 1. The molecule has 15 heavy (non-hydrogen) atoms. The molecular formula is C11H16O4. The standard InChI is InChI=1S/C11H16O4/c1-6(2)11-4-3-7(9(12)13)8(5-11)10(14)15-11/h6-8H,3-5H2,1-2H3,(H,12,13)/t7-,8-,11-/m0/s1. The second-order valence-corrected chi connectivity index (χ2v) is 4.93. The van der Waals surface area contributed by atoms with Gasteiger partial charge in [0.2, 0.25) is 0 Å². The highest BCUT2D eigenvalue weighted by Gasteiger charge is 2.56. The van der Waals surface area contributed by atoms with Crippen LogP contribution >= 0.6 is 0 Å². The Balaban J connectivity index is 2.24. The van der Waals surface area contributed by atoms with Gasteiger partial charge < -0.3 is 9.84 Å². The Bertz CT molecular complexity index is 310. The van der Waals surface area contributed by atoms with E-state index < -0.39 is 17.8 Å². The number of rotatable bonds is 2. The predicted molar refractivity (Wildman–Crippen MR) is 52.1 cm³/mol. The third kappa shape index (κ3) is 1.43. The van der Waals surface area contributed by atoms with E-state index in [9.17, 15) is 9.59 Å². The van der Waals surface area contributed by atoms with E-state index in [0.717, 1.165) is 0 Å². The normalized spacial score (nSPS) is 39.3. The first-order chi connectivity index (χ1) is 6.96. The predicted octanol–water partition coefficient (Wildman–Crippen LogP) is 1.44. The van der Waals surface area contributed by atoms with Crippen LogP contribution in [-0.4, -0.2) is 22.6 Å². The molecule has 4 heteroatoms. The number of esters is 1. The lowest BCUT2D eigenvalue weighted by molar-refractivity contribution is -0.154. The molecule has 0 amide bonds. The number of aliphatic carboxylic acids is 1. The molecule has 2 bridgehead atoms. The summed E-state index contributed by atoms with van der Waals surface area (Å²) < 4.78 is 5.41. The van der Waals surface area contributed by atoms with Crippen LogP contribution in [0.4, 0.5) is 0 Å². The monoisotopic (exact) mass is 212 g/mol. The Morgan fingerprint density at radius 2 is 2.27 bits per heavy atom. The first kappa shape index (κ1) is 10.5. The Labute approximate surface area is 88.6 Å². The molecule has 0 spiro atoms. The molecular weight excluding hydrogens is 196 g/mol. The summed E-state index contributed by atoms with van der Waals surface area (Å²) in [4.78, 5) is 22.5. The maximum atomic E-state index is 11.6.